The number of carbonyl (C=O) groups excluding carboxylic acids is 1. The molecule has 0 unspecified atom stereocenters. The van der Waals surface area contributed by atoms with E-state index < -0.39 is 0 Å². The van der Waals surface area contributed by atoms with E-state index in [1.165, 1.54) is 4.90 Å². The first-order valence-electron chi connectivity index (χ1n) is 5.19. The Hall–Kier alpha value is -1.56. The van der Waals surface area contributed by atoms with Crippen molar-refractivity contribution in [2.75, 3.05) is 25.0 Å². The zero-order valence-corrected chi connectivity index (χ0v) is 9.78. The van der Waals surface area contributed by atoms with E-state index in [0.717, 1.165) is 5.69 Å². The minimum atomic E-state index is -0.321. The van der Waals surface area contributed by atoms with Crippen molar-refractivity contribution in [3.63, 3.8) is 0 Å². The number of amides is 2. The molecule has 0 saturated carbocycles. The molecule has 0 radical (unpaired) electrons. The third kappa shape index (κ3) is 2.96. The van der Waals surface area contributed by atoms with Crippen LogP contribution in [0.1, 0.15) is 18.4 Å². The van der Waals surface area contributed by atoms with Gasteiger partial charge in [0.1, 0.15) is 5.76 Å². The summed E-state index contributed by atoms with van der Waals surface area (Å²) >= 11 is 0. The summed E-state index contributed by atoms with van der Waals surface area (Å²) in [6.45, 7) is 6.17. The van der Waals surface area contributed by atoms with Crippen molar-refractivity contribution >= 4 is 12.0 Å². The number of aliphatic hydroxyl groups excluding tert-OH is 1. The smallest absolute Gasteiger partial charge is 0.325 e. The van der Waals surface area contributed by atoms with Crippen molar-refractivity contribution in [1.82, 2.24) is 9.88 Å². The topological polar surface area (TPSA) is 78.6 Å². The number of hydrogen-bond donors (Lipinski definition) is 2. The van der Waals surface area contributed by atoms with E-state index in [-0.39, 0.29) is 18.7 Å². The molecule has 0 saturated heterocycles. The highest BCUT2D eigenvalue weighted by molar-refractivity contribution is 5.87. The number of urea groups is 1. The first-order chi connectivity index (χ1) is 7.58. The highest BCUT2D eigenvalue weighted by Crippen LogP contribution is 2.13. The molecule has 1 heterocycles. The Morgan fingerprint density at radius 3 is 2.69 bits per heavy atom. The van der Waals surface area contributed by atoms with Gasteiger partial charge >= 0.3 is 12.0 Å². The van der Waals surface area contributed by atoms with Gasteiger partial charge < -0.3 is 14.4 Å². The largest absolute Gasteiger partial charge is 0.428 e. The summed E-state index contributed by atoms with van der Waals surface area (Å²) in [5.74, 6) is 0.681. The van der Waals surface area contributed by atoms with Gasteiger partial charge in [-0.3, -0.25) is 5.32 Å². The number of carbonyl (C=O) groups is 1. The number of oxazole rings is 1. The zero-order valence-electron chi connectivity index (χ0n) is 9.78. The standard InChI is InChI=1S/C10H17N3O3/c1-4-13(5-6-14)10(15)12-9-11-7(2)8(3)16-9/h14H,4-6H2,1-3H3,(H,11,12,15). The second-order valence-electron chi connectivity index (χ2n) is 3.39. The Labute approximate surface area is 94.3 Å². The monoisotopic (exact) mass is 227 g/mol. The van der Waals surface area contributed by atoms with Crippen LogP contribution in [0.4, 0.5) is 10.8 Å². The minimum absolute atomic E-state index is 0.0646. The predicted octanol–water partition coefficient (Wildman–Crippen LogP) is 1.14. The molecule has 0 atom stereocenters. The average Bonchev–Trinajstić information content (AvgIpc) is 2.54. The quantitative estimate of drug-likeness (QED) is 0.808. The maximum absolute atomic E-state index is 11.7. The maximum atomic E-state index is 11.7. The van der Waals surface area contributed by atoms with Crippen molar-refractivity contribution in [1.29, 1.82) is 0 Å². The molecule has 0 aliphatic heterocycles. The van der Waals surface area contributed by atoms with Crippen LogP contribution in [0.2, 0.25) is 0 Å². The third-order valence-corrected chi connectivity index (χ3v) is 2.28. The normalized spacial score (nSPS) is 10.2. The van der Waals surface area contributed by atoms with E-state index in [9.17, 15) is 4.79 Å². The van der Waals surface area contributed by atoms with Gasteiger partial charge in [0.2, 0.25) is 0 Å². The lowest BCUT2D eigenvalue weighted by Crippen LogP contribution is -2.36. The Kier molecular flexibility index (Phi) is 4.30. The first kappa shape index (κ1) is 12.5. The molecule has 2 N–H and O–H groups in total. The summed E-state index contributed by atoms with van der Waals surface area (Å²) in [6, 6.07) is -0.130. The Bertz CT molecular complexity index is 343. The van der Waals surface area contributed by atoms with Crippen LogP contribution >= 0.6 is 0 Å². The number of aromatic nitrogens is 1. The molecule has 0 aliphatic rings. The van der Waals surface area contributed by atoms with Gasteiger partial charge in [-0.15, -0.1) is 0 Å². The fraction of sp³-hybridized carbons (Fsp3) is 0.600. The molecule has 1 rings (SSSR count). The van der Waals surface area contributed by atoms with Gasteiger partial charge in [-0.2, -0.15) is 4.98 Å². The van der Waals surface area contributed by atoms with Crippen LogP contribution in [-0.2, 0) is 0 Å². The van der Waals surface area contributed by atoms with E-state index in [1.54, 1.807) is 13.8 Å². The van der Waals surface area contributed by atoms with Crippen LogP contribution in [0.25, 0.3) is 0 Å². The number of aliphatic hydroxyl groups is 1. The lowest BCUT2D eigenvalue weighted by Gasteiger charge is -2.18. The highest BCUT2D eigenvalue weighted by Gasteiger charge is 2.14. The van der Waals surface area contributed by atoms with Crippen molar-refractivity contribution in [2.24, 2.45) is 0 Å². The van der Waals surface area contributed by atoms with Crippen LogP contribution in [0, 0.1) is 13.8 Å². The van der Waals surface area contributed by atoms with Gasteiger partial charge in [-0.05, 0) is 20.8 Å². The van der Waals surface area contributed by atoms with Crippen LogP contribution in [0.5, 0.6) is 0 Å². The van der Waals surface area contributed by atoms with Crippen molar-refractivity contribution < 1.29 is 14.3 Å². The summed E-state index contributed by atoms with van der Waals surface area (Å²) in [5.41, 5.74) is 0.750. The van der Waals surface area contributed by atoms with Crippen LogP contribution < -0.4 is 5.32 Å². The number of likely N-dealkylation sites (N-methyl/N-ethyl adjacent to an activating group) is 1. The molecule has 0 spiro atoms. The van der Waals surface area contributed by atoms with Gasteiger partial charge in [0.15, 0.2) is 0 Å². The highest BCUT2D eigenvalue weighted by atomic mass is 16.4. The number of aryl methyl sites for hydroxylation is 2. The molecular weight excluding hydrogens is 210 g/mol. The summed E-state index contributed by atoms with van der Waals surface area (Å²) < 4.78 is 5.23. The van der Waals surface area contributed by atoms with E-state index in [1.807, 2.05) is 6.92 Å². The molecule has 6 heteroatoms. The van der Waals surface area contributed by atoms with Crippen molar-refractivity contribution in [3.8, 4) is 0 Å². The summed E-state index contributed by atoms with van der Waals surface area (Å²) in [5, 5.41) is 11.3. The van der Waals surface area contributed by atoms with Crippen LogP contribution in [0.15, 0.2) is 4.42 Å². The SMILES string of the molecule is CCN(CCO)C(=O)Nc1nc(C)c(C)o1. The minimum Gasteiger partial charge on any atom is -0.428 e. The van der Waals surface area contributed by atoms with Gasteiger partial charge in [0, 0.05) is 13.1 Å². The molecule has 0 fully saturated rings. The number of rotatable bonds is 4. The lowest BCUT2D eigenvalue weighted by atomic mass is 10.4. The fourth-order valence-electron chi connectivity index (χ4n) is 1.22. The molecule has 0 bridgehead atoms. The number of nitrogens with zero attached hydrogens (tertiary/aromatic N) is 2. The number of nitrogens with one attached hydrogen (secondary N) is 1. The van der Waals surface area contributed by atoms with Gasteiger partial charge in [0.25, 0.3) is 0 Å². The molecule has 1 aromatic rings. The van der Waals surface area contributed by atoms with E-state index >= 15 is 0 Å². The van der Waals surface area contributed by atoms with Crippen molar-refractivity contribution in [3.05, 3.63) is 11.5 Å². The van der Waals surface area contributed by atoms with Gasteiger partial charge in [-0.25, -0.2) is 4.79 Å². The lowest BCUT2D eigenvalue weighted by molar-refractivity contribution is 0.191. The fourth-order valence-corrected chi connectivity index (χ4v) is 1.22. The van der Waals surface area contributed by atoms with E-state index in [0.29, 0.717) is 18.8 Å². The second kappa shape index (κ2) is 5.50. The van der Waals surface area contributed by atoms with E-state index in [2.05, 4.69) is 10.3 Å². The molecule has 90 valence electrons. The predicted molar refractivity (Wildman–Crippen MR) is 59.3 cm³/mol. The Morgan fingerprint density at radius 2 is 2.25 bits per heavy atom. The number of hydrogen-bond acceptors (Lipinski definition) is 4. The average molecular weight is 227 g/mol. The summed E-state index contributed by atoms with van der Waals surface area (Å²) in [4.78, 5) is 17.2. The molecule has 16 heavy (non-hydrogen) atoms. The zero-order chi connectivity index (χ0) is 12.1. The molecule has 0 aliphatic carbocycles. The molecule has 2 amide bonds. The molecule has 1 aromatic heterocycles. The number of anilines is 1. The van der Waals surface area contributed by atoms with Crippen LogP contribution in [-0.4, -0.2) is 40.7 Å². The molecular formula is C10H17N3O3. The van der Waals surface area contributed by atoms with Crippen LogP contribution in [0.3, 0.4) is 0 Å². The van der Waals surface area contributed by atoms with Gasteiger partial charge in [0.05, 0.1) is 12.3 Å². The van der Waals surface area contributed by atoms with E-state index in [4.69, 9.17) is 9.52 Å². The first-order valence-corrected chi connectivity index (χ1v) is 5.19. The third-order valence-electron chi connectivity index (χ3n) is 2.28. The second-order valence-corrected chi connectivity index (χ2v) is 3.39. The Balaban J connectivity index is 2.62. The van der Waals surface area contributed by atoms with Gasteiger partial charge in [-0.1, -0.05) is 0 Å². The molecule has 0 aromatic carbocycles. The van der Waals surface area contributed by atoms with Crippen molar-refractivity contribution in [2.45, 2.75) is 20.8 Å². The molecule has 6 nitrogen and oxygen atoms in total. The summed E-state index contributed by atoms with van der Waals surface area (Å²) in [6.07, 6.45) is 0. The maximum Gasteiger partial charge on any atom is 0.325 e. The summed E-state index contributed by atoms with van der Waals surface area (Å²) in [7, 11) is 0. The Morgan fingerprint density at radius 1 is 1.56 bits per heavy atom.